The van der Waals surface area contributed by atoms with Crippen LogP contribution in [-0.2, 0) is 0 Å². The third-order valence-electron chi connectivity index (χ3n) is 3.31. The minimum absolute atomic E-state index is 0.106. The van der Waals surface area contributed by atoms with Gasteiger partial charge in [0.15, 0.2) is 0 Å². The van der Waals surface area contributed by atoms with Gasteiger partial charge in [-0.25, -0.2) is 0 Å². The Labute approximate surface area is 110 Å². The predicted molar refractivity (Wildman–Crippen MR) is 74.7 cm³/mol. The molecule has 3 nitrogen and oxygen atoms in total. The average molecular weight is 246 g/mol. The molecule has 1 N–H and O–H groups in total. The van der Waals surface area contributed by atoms with E-state index in [-0.39, 0.29) is 6.61 Å². The fourth-order valence-corrected chi connectivity index (χ4v) is 2.33. The normalized spacial score (nSPS) is 10.4. The Morgan fingerprint density at radius 2 is 2.00 bits per heavy atom. The summed E-state index contributed by atoms with van der Waals surface area (Å²) in [7, 11) is 0. The van der Waals surface area contributed by atoms with Crippen molar-refractivity contribution in [3.63, 3.8) is 0 Å². The number of aliphatic hydroxyl groups excluding tert-OH is 1. The number of aryl methyl sites for hydroxylation is 1. The van der Waals surface area contributed by atoms with Crippen LogP contribution in [0.1, 0.15) is 37.8 Å². The molecule has 0 fully saturated rings. The lowest BCUT2D eigenvalue weighted by atomic mass is 10.0. The summed E-state index contributed by atoms with van der Waals surface area (Å²) in [5.41, 5.74) is 2.71. The first-order valence-electron chi connectivity index (χ1n) is 6.56. The molecule has 0 unspecified atom stereocenters. The highest BCUT2D eigenvalue weighted by Crippen LogP contribution is 2.25. The number of nitriles is 1. The van der Waals surface area contributed by atoms with Crippen LogP contribution >= 0.6 is 0 Å². The third kappa shape index (κ3) is 3.24. The van der Waals surface area contributed by atoms with Crippen molar-refractivity contribution in [3.05, 3.63) is 29.3 Å². The molecule has 1 aromatic rings. The van der Waals surface area contributed by atoms with E-state index >= 15 is 0 Å². The SMILES string of the molecule is CCC(CC)N(CCO)c1ccc(C)cc1C#N. The van der Waals surface area contributed by atoms with Gasteiger partial charge in [-0.2, -0.15) is 5.26 Å². The highest BCUT2D eigenvalue weighted by atomic mass is 16.3. The molecule has 1 rings (SSSR count). The summed E-state index contributed by atoms with van der Waals surface area (Å²) in [6, 6.07) is 8.53. The van der Waals surface area contributed by atoms with Gasteiger partial charge in [-0.3, -0.25) is 0 Å². The first-order valence-corrected chi connectivity index (χ1v) is 6.56. The van der Waals surface area contributed by atoms with E-state index in [0.717, 1.165) is 24.1 Å². The quantitative estimate of drug-likeness (QED) is 0.839. The van der Waals surface area contributed by atoms with E-state index in [4.69, 9.17) is 0 Å². The summed E-state index contributed by atoms with van der Waals surface area (Å²) in [5.74, 6) is 0. The summed E-state index contributed by atoms with van der Waals surface area (Å²) >= 11 is 0. The minimum atomic E-state index is 0.106. The number of hydrogen-bond donors (Lipinski definition) is 1. The third-order valence-corrected chi connectivity index (χ3v) is 3.31. The van der Waals surface area contributed by atoms with Gasteiger partial charge in [0.2, 0.25) is 0 Å². The van der Waals surface area contributed by atoms with Crippen LogP contribution in [0, 0.1) is 18.3 Å². The molecule has 0 aliphatic rings. The molecule has 0 saturated carbocycles. The minimum Gasteiger partial charge on any atom is -0.395 e. The second-order valence-corrected chi connectivity index (χ2v) is 4.52. The van der Waals surface area contributed by atoms with Crippen LogP contribution in [0.2, 0.25) is 0 Å². The number of hydrogen-bond acceptors (Lipinski definition) is 3. The monoisotopic (exact) mass is 246 g/mol. The van der Waals surface area contributed by atoms with Crippen LogP contribution in [0.4, 0.5) is 5.69 Å². The molecule has 0 bridgehead atoms. The van der Waals surface area contributed by atoms with Crippen LogP contribution in [0.5, 0.6) is 0 Å². The molecular formula is C15H22N2O. The van der Waals surface area contributed by atoms with E-state index in [1.165, 1.54) is 0 Å². The zero-order valence-electron chi connectivity index (χ0n) is 11.5. The molecule has 0 heterocycles. The Bertz CT molecular complexity index is 419. The number of nitrogens with zero attached hydrogens (tertiary/aromatic N) is 2. The molecule has 98 valence electrons. The summed E-state index contributed by atoms with van der Waals surface area (Å²) in [5, 5.41) is 18.5. The zero-order chi connectivity index (χ0) is 13.5. The van der Waals surface area contributed by atoms with Crippen LogP contribution < -0.4 is 4.90 Å². The highest BCUT2D eigenvalue weighted by molar-refractivity contribution is 5.61. The summed E-state index contributed by atoms with van der Waals surface area (Å²) < 4.78 is 0. The van der Waals surface area contributed by atoms with E-state index in [2.05, 4.69) is 24.8 Å². The van der Waals surface area contributed by atoms with Gasteiger partial charge < -0.3 is 10.0 Å². The van der Waals surface area contributed by atoms with Crippen molar-refractivity contribution in [1.82, 2.24) is 0 Å². The number of anilines is 1. The standard InChI is InChI=1S/C15H22N2O/c1-4-14(5-2)17(8-9-18)15-7-6-12(3)10-13(15)11-16/h6-7,10,14,18H,4-5,8-9H2,1-3H3. The fraction of sp³-hybridized carbons (Fsp3) is 0.533. The van der Waals surface area contributed by atoms with Gasteiger partial charge in [-0.15, -0.1) is 0 Å². The van der Waals surface area contributed by atoms with Gasteiger partial charge in [0.05, 0.1) is 17.9 Å². The van der Waals surface area contributed by atoms with Crippen molar-refractivity contribution in [2.45, 2.75) is 39.7 Å². The zero-order valence-corrected chi connectivity index (χ0v) is 11.5. The molecule has 0 spiro atoms. The first-order chi connectivity index (χ1) is 8.67. The van der Waals surface area contributed by atoms with Gasteiger partial charge in [-0.1, -0.05) is 19.9 Å². The van der Waals surface area contributed by atoms with Crippen molar-refractivity contribution >= 4 is 5.69 Å². The second kappa shape index (κ2) is 7.03. The smallest absolute Gasteiger partial charge is 0.101 e. The topological polar surface area (TPSA) is 47.3 Å². The Morgan fingerprint density at radius 1 is 1.33 bits per heavy atom. The van der Waals surface area contributed by atoms with E-state index < -0.39 is 0 Å². The molecular weight excluding hydrogens is 224 g/mol. The van der Waals surface area contributed by atoms with Gasteiger partial charge in [-0.05, 0) is 37.5 Å². The Kier molecular flexibility index (Phi) is 5.67. The van der Waals surface area contributed by atoms with Crippen LogP contribution in [0.3, 0.4) is 0 Å². The molecule has 0 aliphatic carbocycles. The molecule has 1 aromatic carbocycles. The van der Waals surface area contributed by atoms with Gasteiger partial charge in [0.1, 0.15) is 6.07 Å². The van der Waals surface area contributed by atoms with Crippen molar-refractivity contribution in [3.8, 4) is 6.07 Å². The highest BCUT2D eigenvalue weighted by Gasteiger charge is 2.18. The van der Waals surface area contributed by atoms with Gasteiger partial charge in [0, 0.05) is 12.6 Å². The lowest BCUT2D eigenvalue weighted by molar-refractivity contribution is 0.296. The molecule has 0 saturated heterocycles. The van der Waals surface area contributed by atoms with E-state index in [0.29, 0.717) is 18.2 Å². The maximum Gasteiger partial charge on any atom is 0.101 e. The molecule has 3 heteroatoms. The van der Waals surface area contributed by atoms with Crippen molar-refractivity contribution in [1.29, 1.82) is 5.26 Å². The van der Waals surface area contributed by atoms with E-state index in [1.807, 2.05) is 25.1 Å². The summed E-state index contributed by atoms with van der Waals surface area (Å²) in [4.78, 5) is 2.15. The molecule has 0 aromatic heterocycles. The Hall–Kier alpha value is -1.53. The average Bonchev–Trinajstić information content (AvgIpc) is 2.39. The first kappa shape index (κ1) is 14.5. The number of rotatable bonds is 6. The predicted octanol–water partition coefficient (Wildman–Crippen LogP) is 2.85. The Balaban J connectivity index is 3.16. The van der Waals surface area contributed by atoms with Crippen molar-refractivity contribution in [2.24, 2.45) is 0 Å². The molecule has 0 amide bonds. The van der Waals surface area contributed by atoms with Crippen LogP contribution in [0.15, 0.2) is 18.2 Å². The van der Waals surface area contributed by atoms with Crippen LogP contribution in [-0.4, -0.2) is 24.3 Å². The van der Waals surface area contributed by atoms with E-state index in [1.54, 1.807) is 0 Å². The Morgan fingerprint density at radius 3 is 2.50 bits per heavy atom. The maximum atomic E-state index is 9.25. The summed E-state index contributed by atoms with van der Waals surface area (Å²) in [6.07, 6.45) is 2.02. The maximum absolute atomic E-state index is 9.25. The van der Waals surface area contributed by atoms with Gasteiger partial charge in [0.25, 0.3) is 0 Å². The molecule has 0 aliphatic heterocycles. The van der Waals surface area contributed by atoms with Gasteiger partial charge >= 0.3 is 0 Å². The fourth-order valence-electron chi connectivity index (χ4n) is 2.33. The molecule has 0 radical (unpaired) electrons. The lowest BCUT2D eigenvalue weighted by Gasteiger charge is -2.32. The molecule has 0 atom stereocenters. The van der Waals surface area contributed by atoms with Crippen LogP contribution in [0.25, 0.3) is 0 Å². The molecule has 18 heavy (non-hydrogen) atoms. The van der Waals surface area contributed by atoms with Crippen molar-refractivity contribution < 1.29 is 5.11 Å². The van der Waals surface area contributed by atoms with Crippen molar-refractivity contribution in [2.75, 3.05) is 18.1 Å². The number of benzene rings is 1. The summed E-state index contributed by atoms with van der Waals surface area (Å²) in [6.45, 7) is 6.94. The van der Waals surface area contributed by atoms with E-state index in [9.17, 15) is 10.4 Å². The largest absolute Gasteiger partial charge is 0.395 e. The second-order valence-electron chi connectivity index (χ2n) is 4.52. The lowest BCUT2D eigenvalue weighted by Crippen LogP contribution is -2.37. The number of aliphatic hydroxyl groups is 1.